The Morgan fingerprint density at radius 1 is 1.00 bits per heavy atom. The van der Waals surface area contributed by atoms with Gasteiger partial charge in [-0.3, -0.25) is 4.79 Å². The molecule has 35 heavy (non-hydrogen) atoms. The molecule has 0 bridgehead atoms. The highest BCUT2D eigenvalue weighted by Crippen LogP contribution is 2.33. The third-order valence-electron chi connectivity index (χ3n) is 6.62. The molecule has 1 aromatic carbocycles. The van der Waals surface area contributed by atoms with E-state index in [1.165, 1.54) is 6.20 Å². The first-order valence-electron chi connectivity index (χ1n) is 11.6. The van der Waals surface area contributed by atoms with Gasteiger partial charge in [-0.1, -0.05) is 35.3 Å². The molecule has 10 heteroatoms. The van der Waals surface area contributed by atoms with Gasteiger partial charge in [-0.25, -0.2) is 9.97 Å². The van der Waals surface area contributed by atoms with E-state index in [1.54, 1.807) is 6.07 Å². The number of benzene rings is 1. The van der Waals surface area contributed by atoms with Crippen molar-refractivity contribution in [3.63, 3.8) is 0 Å². The van der Waals surface area contributed by atoms with Crippen molar-refractivity contribution in [3.05, 3.63) is 52.6 Å². The Bertz CT molecular complexity index is 1230. The summed E-state index contributed by atoms with van der Waals surface area (Å²) in [4.78, 5) is 31.6. The summed E-state index contributed by atoms with van der Waals surface area (Å²) in [5, 5.41) is 1.15. The average molecular weight is 513 g/mol. The summed E-state index contributed by atoms with van der Waals surface area (Å²) in [6, 6.07) is 12.0. The Morgan fingerprint density at radius 3 is 2.43 bits per heavy atom. The van der Waals surface area contributed by atoms with E-state index in [9.17, 15) is 4.79 Å². The Kier molecular flexibility index (Phi) is 6.67. The Morgan fingerprint density at radius 2 is 1.80 bits per heavy atom. The molecule has 4 heterocycles. The fourth-order valence-electron chi connectivity index (χ4n) is 4.54. The number of anilines is 3. The number of nitrogens with zero attached hydrogens (tertiary/aromatic N) is 6. The molecule has 2 fully saturated rings. The molecule has 8 nitrogen and oxygen atoms in total. The summed E-state index contributed by atoms with van der Waals surface area (Å²) in [5.41, 5.74) is 1.89. The van der Waals surface area contributed by atoms with Gasteiger partial charge in [-0.05, 0) is 32.4 Å². The maximum absolute atomic E-state index is 10.6. The van der Waals surface area contributed by atoms with Gasteiger partial charge in [-0.2, -0.15) is 4.98 Å². The van der Waals surface area contributed by atoms with Crippen molar-refractivity contribution in [3.8, 4) is 17.0 Å². The molecule has 0 aliphatic carbocycles. The molecular formula is C25H26Cl2N6O2. The van der Waals surface area contributed by atoms with E-state index in [0.29, 0.717) is 34.1 Å². The van der Waals surface area contributed by atoms with Gasteiger partial charge in [-0.15, -0.1) is 0 Å². The monoisotopic (exact) mass is 512 g/mol. The first-order chi connectivity index (χ1) is 16.9. The number of carbonyl (C=O) groups excluding carboxylic acids is 1. The summed E-state index contributed by atoms with van der Waals surface area (Å²) in [5.74, 6) is 2.66. The number of halogens is 2. The van der Waals surface area contributed by atoms with Crippen LogP contribution in [0.4, 0.5) is 17.6 Å². The number of hydrogen-bond donors (Lipinski definition) is 0. The lowest BCUT2D eigenvalue weighted by Gasteiger charge is -2.42. The van der Waals surface area contributed by atoms with Gasteiger partial charge in [0.05, 0.1) is 16.9 Å². The van der Waals surface area contributed by atoms with Crippen LogP contribution in [0.5, 0.6) is 5.75 Å². The highest BCUT2D eigenvalue weighted by molar-refractivity contribution is 6.33. The normalized spacial score (nSPS) is 19.9. The van der Waals surface area contributed by atoms with Crippen molar-refractivity contribution in [2.24, 2.45) is 0 Å². The minimum Gasteiger partial charge on any atom is -0.427 e. The molecule has 3 aromatic rings. The molecule has 2 aliphatic rings. The predicted molar refractivity (Wildman–Crippen MR) is 139 cm³/mol. The molecular weight excluding hydrogens is 487 g/mol. The molecule has 0 N–H and O–H groups in total. The van der Waals surface area contributed by atoms with E-state index >= 15 is 0 Å². The van der Waals surface area contributed by atoms with E-state index in [4.69, 9.17) is 37.9 Å². The summed E-state index contributed by atoms with van der Waals surface area (Å²) < 4.78 is 4.85. The molecule has 0 amide bonds. The second kappa shape index (κ2) is 9.87. The lowest BCUT2D eigenvalue weighted by Crippen LogP contribution is -2.53. The van der Waals surface area contributed by atoms with E-state index in [2.05, 4.69) is 39.6 Å². The van der Waals surface area contributed by atoms with Gasteiger partial charge in [0.25, 0.3) is 6.47 Å². The highest BCUT2D eigenvalue weighted by Gasteiger charge is 2.30. The van der Waals surface area contributed by atoms with Crippen molar-refractivity contribution in [1.29, 1.82) is 0 Å². The standard InChI is InChI=1S/C25H26Cl2N6O2/c1-16-7-8-33(16)25-29-22(18-3-5-19(26)6-4-18)12-23(30-25)32-10-9-31(14-17(32)2)24-21(27)11-20(13-28-24)35-15-34/h3-6,11-13,15-17H,7-10,14H2,1-2H3/t16-,17+/m0/s1. The van der Waals surface area contributed by atoms with Crippen molar-refractivity contribution in [1.82, 2.24) is 15.0 Å². The number of aromatic nitrogens is 3. The molecule has 5 rings (SSSR count). The van der Waals surface area contributed by atoms with Gasteiger partial charge >= 0.3 is 0 Å². The van der Waals surface area contributed by atoms with Crippen LogP contribution >= 0.6 is 23.2 Å². The molecule has 2 saturated heterocycles. The summed E-state index contributed by atoms with van der Waals surface area (Å²) in [6.07, 6.45) is 2.65. The quantitative estimate of drug-likeness (QED) is 0.440. The van der Waals surface area contributed by atoms with Crippen LogP contribution in [0, 0.1) is 0 Å². The van der Waals surface area contributed by atoms with Gasteiger partial charge in [0.15, 0.2) is 5.75 Å². The highest BCUT2D eigenvalue weighted by atomic mass is 35.5. The number of hydrogen-bond acceptors (Lipinski definition) is 8. The first-order valence-corrected chi connectivity index (χ1v) is 12.4. The van der Waals surface area contributed by atoms with Crippen LogP contribution in [-0.4, -0.2) is 59.7 Å². The third-order valence-corrected chi connectivity index (χ3v) is 7.15. The van der Waals surface area contributed by atoms with Crippen LogP contribution in [0.1, 0.15) is 20.3 Å². The number of ether oxygens (including phenoxy) is 1. The SMILES string of the molecule is C[C@@H]1CN(c2ncc(OC=O)cc2Cl)CCN1c1cc(-c2ccc(Cl)cc2)nc(N2CC[C@@H]2C)n1. The second-order valence-electron chi connectivity index (χ2n) is 8.93. The lowest BCUT2D eigenvalue weighted by molar-refractivity contribution is -0.120. The van der Waals surface area contributed by atoms with Gasteiger partial charge in [0.2, 0.25) is 5.95 Å². The van der Waals surface area contributed by atoms with Crippen LogP contribution < -0.4 is 19.4 Å². The van der Waals surface area contributed by atoms with Gasteiger partial charge in [0, 0.05) is 61.0 Å². The second-order valence-corrected chi connectivity index (χ2v) is 9.77. The molecule has 0 saturated carbocycles. The summed E-state index contributed by atoms with van der Waals surface area (Å²) in [7, 11) is 0. The van der Waals surface area contributed by atoms with Gasteiger partial charge in [0.1, 0.15) is 11.6 Å². The van der Waals surface area contributed by atoms with Crippen molar-refractivity contribution in [2.75, 3.05) is 40.9 Å². The zero-order valence-corrected chi connectivity index (χ0v) is 21.1. The van der Waals surface area contributed by atoms with Crippen LogP contribution in [0.3, 0.4) is 0 Å². The topological polar surface area (TPSA) is 74.7 Å². The fourth-order valence-corrected chi connectivity index (χ4v) is 4.94. The number of carbonyl (C=O) groups is 1. The van der Waals surface area contributed by atoms with Crippen molar-refractivity contribution < 1.29 is 9.53 Å². The number of rotatable bonds is 6. The van der Waals surface area contributed by atoms with Crippen LogP contribution in [-0.2, 0) is 4.79 Å². The van der Waals surface area contributed by atoms with Gasteiger partial charge < -0.3 is 19.4 Å². The Labute approximate surface area is 214 Å². The van der Waals surface area contributed by atoms with Crippen LogP contribution in [0.25, 0.3) is 11.3 Å². The number of piperazine rings is 1. The summed E-state index contributed by atoms with van der Waals surface area (Å²) >= 11 is 12.6. The fraction of sp³-hybridized carbons (Fsp3) is 0.360. The minimum atomic E-state index is 0.155. The lowest BCUT2D eigenvalue weighted by atomic mass is 10.1. The maximum atomic E-state index is 10.6. The Hall–Kier alpha value is -3.10. The molecule has 2 aromatic heterocycles. The molecule has 2 atom stereocenters. The zero-order chi connectivity index (χ0) is 24.5. The third kappa shape index (κ3) is 4.86. The van der Waals surface area contributed by atoms with Crippen molar-refractivity contribution >= 4 is 47.3 Å². The number of pyridine rings is 1. The van der Waals surface area contributed by atoms with Crippen molar-refractivity contribution in [2.45, 2.75) is 32.4 Å². The first kappa shape index (κ1) is 23.6. The zero-order valence-electron chi connectivity index (χ0n) is 19.6. The molecule has 2 aliphatic heterocycles. The maximum Gasteiger partial charge on any atom is 0.298 e. The smallest absolute Gasteiger partial charge is 0.298 e. The Balaban J connectivity index is 1.41. The van der Waals surface area contributed by atoms with E-state index in [0.717, 1.165) is 55.6 Å². The van der Waals surface area contributed by atoms with E-state index < -0.39 is 0 Å². The summed E-state index contributed by atoms with van der Waals surface area (Å²) in [6.45, 7) is 7.88. The molecule has 0 spiro atoms. The predicted octanol–water partition coefficient (Wildman–Crippen LogP) is 4.69. The van der Waals surface area contributed by atoms with Crippen LogP contribution in [0.2, 0.25) is 10.0 Å². The van der Waals surface area contributed by atoms with E-state index in [-0.39, 0.29) is 6.04 Å². The molecule has 0 unspecified atom stereocenters. The largest absolute Gasteiger partial charge is 0.427 e. The van der Waals surface area contributed by atoms with Crippen LogP contribution in [0.15, 0.2) is 42.6 Å². The molecule has 0 radical (unpaired) electrons. The average Bonchev–Trinajstić information content (AvgIpc) is 2.83. The van der Waals surface area contributed by atoms with E-state index in [1.807, 2.05) is 24.3 Å². The molecule has 182 valence electrons. The minimum absolute atomic E-state index is 0.155.